The highest BCUT2D eigenvalue weighted by molar-refractivity contribution is 6.30. The van der Waals surface area contributed by atoms with Crippen LogP contribution in [-0.2, 0) is 9.53 Å². The van der Waals surface area contributed by atoms with Crippen LogP contribution in [0.5, 0.6) is 11.5 Å². The highest BCUT2D eigenvalue weighted by atomic mass is 35.5. The van der Waals surface area contributed by atoms with Crippen molar-refractivity contribution in [3.05, 3.63) is 77.3 Å². The third kappa shape index (κ3) is 8.52. The molecule has 1 saturated heterocycles. The average molecular weight is 581 g/mol. The lowest BCUT2D eigenvalue weighted by Gasteiger charge is -2.38. The molecule has 4 rings (SSSR count). The molecule has 0 aliphatic carbocycles. The number of benzene rings is 3. The first-order valence-corrected chi connectivity index (χ1v) is 14.2. The summed E-state index contributed by atoms with van der Waals surface area (Å²) in [6.45, 7) is 6.48. The number of halogens is 1. The first kappa shape index (κ1) is 30.0. The molecule has 1 aliphatic rings. The van der Waals surface area contributed by atoms with E-state index in [9.17, 15) is 9.59 Å². The summed E-state index contributed by atoms with van der Waals surface area (Å²) in [6.07, 6.45) is 0.713. The molecular weight excluding hydrogens is 544 g/mol. The number of nitrogens with one attached hydrogen (secondary N) is 2. The number of rotatable bonds is 13. The van der Waals surface area contributed by atoms with E-state index in [1.807, 2.05) is 37.3 Å². The number of para-hydroxylation sites is 2. The molecule has 1 fully saturated rings. The van der Waals surface area contributed by atoms with Gasteiger partial charge in [0, 0.05) is 62.3 Å². The van der Waals surface area contributed by atoms with E-state index in [2.05, 4.69) is 26.5 Å². The van der Waals surface area contributed by atoms with Gasteiger partial charge in [-0.1, -0.05) is 23.7 Å². The minimum Gasteiger partial charge on any atom is -0.495 e. The molecule has 2 N–H and O–H groups in total. The molecule has 2 amide bonds. The van der Waals surface area contributed by atoms with Crippen molar-refractivity contribution in [2.45, 2.75) is 13.3 Å². The third-order valence-electron chi connectivity index (χ3n) is 6.71. The third-order valence-corrected chi connectivity index (χ3v) is 6.96. The van der Waals surface area contributed by atoms with Crippen LogP contribution < -0.4 is 29.9 Å². The molecule has 0 radical (unpaired) electrons. The zero-order chi connectivity index (χ0) is 29.0. The molecule has 0 atom stereocenters. The van der Waals surface area contributed by atoms with Crippen molar-refractivity contribution < 1.29 is 23.8 Å². The molecule has 1 aliphatic heterocycles. The average Bonchev–Trinajstić information content (AvgIpc) is 3.00. The number of carbonyl (C=O) groups is 2. The number of carbonyl (C=O) groups excluding carboxylic acids is 2. The van der Waals surface area contributed by atoms with E-state index >= 15 is 0 Å². The lowest BCUT2D eigenvalue weighted by atomic mass is 10.1. The van der Waals surface area contributed by atoms with E-state index in [0.717, 1.165) is 43.3 Å². The Bertz CT molecular complexity index is 1300. The lowest BCUT2D eigenvalue weighted by Crippen LogP contribution is -2.47. The van der Waals surface area contributed by atoms with Crippen LogP contribution in [0.1, 0.15) is 23.7 Å². The maximum Gasteiger partial charge on any atom is 0.262 e. The highest BCUT2D eigenvalue weighted by Gasteiger charge is 2.24. The van der Waals surface area contributed by atoms with Crippen LogP contribution in [0.2, 0.25) is 5.02 Å². The quantitative estimate of drug-likeness (QED) is 0.279. The first-order valence-electron chi connectivity index (χ1n) is 13.8. The molecule has 218 valence electrons. The fraction of sp³-hybridized carbons (Fsp3) is 0.355. The number of amides is 2. The molecule has 41 heavy (non-hydrogen) atoms. The van der Waals surface area contributed by atoms with E-state index < -0.39 is 0 Å². The molecule has 1 heterocycles. The zero-order valence-electron chi connectivity index (χ0n) is 23.5. The molecule has 0 spiro atoms. The molecule has 9 nitrogen and oxygen atoms in total. The highest BCUT2D eigenvalue weighted by Crippen LogP contribution is 2.31. The number of methoxy groups -OCH3 is 1. The molecule has 10 heteroatoms. The minimum atomic E-state index is -0.332. The van der Waals surface area contributed by atoms with Gasteiger partial charge in [0.2, 0.25) is 0 Å². The molecule has 0 unspecified atom stereocenters. The van der Waals surface area contributed by atoms with Gasteiger partial charge in [0.15, 0.2) is 6.61 Å². The second-order valence-electron chi connectivity index (χ2n) is 9.48. The van der Waals surface area contributed by atoms with Gasteiger partial charge >= 0.3 is 0 Å². The van der Waals surface area contributed by atoms with Crippen molar-refractivity contribution in [2.24, 2.45) is 0 Å². The van der Waals surface area contributed by atoms with E-state index in [4.69, 9.17) is 25.8 Å². The van der Waals surface area contributed by atoms with Gasteiger partial charge in [-0.2, -0.15) is 0 Å². The Kier molecular flexibility index (Phi) is 11.1. The van der Waals surface area contributed by atoms with Gasteiger partial charge in [-0.05, 0) is 67.9 Å². The molecule has 0 saturated carbocycles. The fourth-order valence-corrected chi connectivity index (χ4v) is 4.77. The summed E-state index contributed by atoms with van der Waals surface area (Å²) in [5.41, 5.74) is 2.90. The van der Waals surface area contributed by atoms with Gasteiger partial charge in [0.1, 0.15) is 11.5 Å². The maximum absolute atomic E-state index is 13.3. The Balaban J connectivity index is 1.44. The zero-order valence-corrected chi connectivity index (χ0v) is 24.3. The number of ether oxygens (including phenoxy) is 3. The van der Waals surface area contributed by atoms with Gasteiger partial charge in [-0.25, -0.2) is 0 Å². The lowest BCUT2D eigenvalue weighted by molar-refractivity contribution is -0.118. The van der Waals surface area contributed by atoms with Crippen molar-refractivity contribution in [1.82, 2.24) is 5.32 Å². The van der Waals surface area contributed by atoms with Crippen molar-refractivity contribution in [3.8, 4) is 11.5 Å². The Labute approximate surface area is 246 Å². The Morgan fingerprint density at radius 1 is 0.927 bits per heavy atom. The number of hydrogen-bond donors (Lipinski definition) is 2. The minimum absolute atomic E-state index is 0.173. The van der Waals surface area contributed by atoms with Crippen molar-refractivity contribution in [3.63, 3.8) is 0 Å². The normalized spacial score (nSPS) is 13.0. The van der Waals surface area contributed by atoms with E-state index in [1.54, 1.807) is 37.4 Å². The molecule has 0 bridgehead atoms. The summed E-state index contributed by atoms with van der Waals surface area (Å²) in [5.74, 6) is 0.853. The van der Waals surface area contributed by atoms with Crippen LogP contribution in [-0.4, -0.2) is 71.5 Å². The fourth-order valence-electron chi connectivity index (χ4n) is 4.64. The summed E-state index contributed by atoms with van der Waals surface area (Å²) in [6, 6.07) is 20.2. The Morgan fingerprint density at radius 3 is 2.34 bits per heavy atom. The summed E-state index contributed by atoms with van der Waals surface area (Å²) in [7, 11) is 1.68. The maximum atomic E-state index is 13.3. The topological polar surface area (TPSA) is 92.4 Å². The van der Waals surface area contributed by atoms with Crippen LogP contribution >= 0.6 is 11.6 Å². The van der Waals surface area contributed by atoms with Gasteiger partial charge < -0.3 is 34.6 Å². The molecule has 3 aromatic carbocycles. The van der Waals surface area contributed by atoms with Crippen LogP contribution in [0.3, 0.4) is 0 Å². The number of hydrogen-bond acceptors (Lipinski definition) is 7. The predicted molar refractivity (Wildman–Crippen MR) is 163 cm³/mol. The predicted octanol–water partition coefficient (Wildman–Crippen LogP) is 4.85. The van der Waals surface area contributed by atoms with E-state index in [-0.39, 0.29) is 18.4 Å². The van der Waals surface area contributed by atoms with Gasteiger partial charge in [-0.3, -0.25) is 9.59 Å². The van der Waals surface area contributed by atoms with Gasteiger partial charge in [0.25, 0.3) is 11.8 Å². The summed E-state index contributed by atoms with van der Waals surface area (Å²) >= 11 is 5.91. The van der Waals surface area contributed by atoms with Crippen LogP contribution in [0.25, 0.3) is 0 Å². The van der Waals surface area contributed by atoms with Crippen LogP contribution in [0.4, 0.5) is 17.1 Å². The van der Waals surface area contributed by atoms with Crippen molar-refractivity contribution >= 4 is 40.5 Å². The number of piperazine rings is 1. The van der Waals surface area contributed by atoms with E-state index in [0.29, 0.717) is 48.2 Å². The first-order chi connectivity index (χ1) is 20.0. The monoisotopic (exact) mass is 580 g/mol. The largest absolute Gasteiger partial charge is 0.495 e. The van der Waals surface area contributed by atoms with Crippen molar-refractivity contribution in [1.29, 1.82) is 0 Å². The number of anilines is 3. The summed E-state index contributed by atoms with van der Waals surface area (Å²) in [5, 5.41) is 6.43. The Hall–Kier alpha value is -3.95. The molecule has 3 aromatic rings. The summed E-state index contributed by atoms with van der Waals surface area (Å²) in [4.78, 5) is 30.4. The van der Waals surface area contributed by atoms with Crippen molar-refractivity contribution in [2.75, 3.05) is 74.8 Å². The van der Waals surface area contributed by atoms with E-state index in [1.165, 1.54) is 0 Å². The SMILES string of the molecule is CCOCCCNC(=O)c1cc(NC(=O)COc2ccc(Cl)cc2)ccc1N1CCN(c2ccccc2OC)CC1. The molecule has 0 aromatic heterocycles. The second-order valence-corrected chi connectivity index (χ2v) is 9.91. The molecular formula is C31H37ClN4O5. The smallest absolute Gasteiger partial charge is 0.262 e. The second kappa shape index (κ2) is 15.2. The number of nitrogens with zero attached hydrogens (tertiary/aromatic N) is 2. The van der Waals surface area contributed by atoms with Crippen LogP contribution in [0, 0.1) is 0 Å². The Morgan fingerprint density at radius 2 is 1.63 bits per heavy atom. The van der Waals surface area contributed by atoms with Crippen LogP contribution in [0.15, 0.2) is 66.7 Å². The standard InChI is InChI=1S/C31H37ClN4O5/c1-3-40-20-6-15-33-31(38)26-21-24(34-30(37)22-41-25-12-9-23(32)10-13-25)11-14-27(26)35-16-18-36(19-17-35)28-7-4-5-8-29(28)39-2/h4-5,7-14,21H,3,6,15-20,22H2,1-2H3,(H,33,38)(H,34,37). The van der Waals surface area contributed by atoms with Gasteiger partial charge in [0.05, 0.1) is 18.4 Å². The summed E-state index contributed by atoms with van der Waals surface area (Å²) < 4.78 is 16.5. The van der Waals surface area contributed by atoms with Gasteiger partial charge in [-0.15, -0.1) is 0 Å².